The van der Waals surface area contributed by atoms with Crippen LogP contribution in [0.15, 0.2) is 83.8 Å². The van der Waals surface area contributed by atoms with Gasteiger partial charge in [0.15, 0.2) is 6.61 Å². The molecule has 0 bridgehead atoms. The van der Waals surface area contributed by atoms with Crippen LogP contribution in [0.25, 0.3) is 0 Å². The minimum atomic E-state index is -4.04. The molecule has 0 spiro atoms. The average Bonchev–Trinajstić information content (AvgIpc) is 2.82. The molecule has 0 aliphatic carbocycles. The fourth-order valence-electron chi connectivity index (χ4n) is 3.16. The number of nitrogens with zero attached hydrogens (tertiary/aromatic N) is 1. The number of ether oxygens (including phenoxy) is 2. The van der Waals surface area contributed by atoms with Crippen LogP contribution in [0.1, 0.15) is 21.5 Å². The van der Waals surface area contributed by atoms with Gasteiger partial charge in [0, 0.05) is 13.1 Å². The van der Waals surface area contributed by atoms with Crippen molar-refractivity contribution in [3.8, 4) is 5.75 Å². The molecule has 0 unspecified atom stereocenters. The van der Waals surface area contributed by atoms with Crippen LogP contribution in [0.5, 0.6) is 5.75 Å². The van der Waals surface area contributed by atoms with Crippen molar-refractivity contribution in [1.82, 2.24) is 4.90 Å². The summed E-state index contributed by atoms with van der Waals surface area (Å²) >= 11 is 0. The number of benzene rings is 3. The molecule has 0 saturated carbocycles. The van der Waals surface area contributed by atoms with Gasteiger partial charge in [-0.2, -0.15) is 0 Å². The van der Waals surface area contributed by atoms with Crippen LogP contribution in [0.2, 0.25) is 0 Å². The summed E-state index contributed by atoms with van der Waals surface area (Å²) in [6.07, 6.45) is 0. The van der Waals surface area contributed by atoms with Crippen molar-refractivity contribution in [3.05, 3.63) is 95.6 Å². The summed E-state index contributed by atoms with van der Waals surface area (Å²) in [6, 6.07) is 22.5. The largest absolute Gasteiger partial charge is 0.496 e. The van der Waals surface area contributed by atoms with Gasteiger partial charge < -0.3 is 14.4 Å². The fraction of sp³-hybridized carbons (Fsp3) is 0.167. The van der Waals surface area contributed by atoms with Gasteiger partial charge in [-0.1, -0.05) is 60.7 Å². The molecule has 0 atom stereocenters. The number of hydrogen-bond donors (Lipinski definition) is 1. The Morgan fingerprint density at radius 2 is 1.42 bits per heavy atom. The van der Waals surface area contributed by atoms with Crippen LogP contribution in [0, 0.1) is 0 Å². The standard InChI is InChI=1S/C24H24N2O6S/c1-31-22-13-12-20(33(25,29)30)14-21(22)24(28)32-17-23(27)26(15-18-8-4-2-5-9-18)16-19-10-6-3-7-11-19/h2-14H,15-17H2,1H3,(H2,25,29,30). The van der Waals surface area contributed by atoms with Crippen LogP contribution in [0.3, 0.4) is 0 Å². The second-order valence-electron chi connectivity index (χ2n) is 7.20. The molecule has 0 aliphatic heterocycles. The summed E-state index contributed by atoms with van der Waals surface area (Å²) in [7, 11) is -2.71. The highest BCUT2D eigenvalue weighted by molar-refractivity contribution is 7.89. The van der Waals surface area contributed by atoms with Crippen molar-refractivity contribution >= 4 is 21.9 Å². The number of nitrogens with two attached hydrogens (primary N) is 1. The molecule has 33 heavy (non-hydrogen) atoms. The minimum absolute atomic E-state index is 0.102. The first kappa shape index (κ1) is 24.0. The van der Waals surface area contributed by atoms with Crippen LogP contribution >= 0.6 is 0 Å². The second kappa shape index (κ2) is 10.8. The van der Waals surface area contributed by atoms with Gasteiger partial charge in [0.2, 0.25) is 10.0 Å². The molecule has 8 nitrogen and oxygen atoms in total. The molecule has 0 aromatic heterocycles. The van der Waals surface area contributed by atoms with Gasteiger partial charge in [-0.25, -0.2) is 18.4 Å². The lowest BCUT2D eigenvalue weighted by Gasteiger charge is -2.23. The third-order valence-corrected chi connectivity index (χ3v) is 5.74. The summed E-state index contributed by atoms with van der Waals surface area (Å²) < 4.78 is 33.6. The monoisotopic (exact) mass is 468 g/mol. The Bertz CT molecular complexity index is 1170. The third kappa shape index (κ3) is 6.64. The molecule has 1 amide bonds. The molecule has 3 aromatic rings. The molecular formula is C24H24N2O6S. The first-order valence-corrected chi connectivity index (χ1v) is 11.6. The van der Waals surface area contributed by atoms with E-state index in [1.165, 1.54) is 19.2 Å². The number of carbonyl (C=O) groups excluding carboxylic acids is 2. The van der Waals surface area contributed by atoms with Crippen molar-refractivity contribution in [3.63, 3.8) is 0 Å². The second-order valence-corrected chi connectivity index (χ2v) is 8.77. The zero-order valence-electron chi connectivity index (χ0n) is 18.0. The third-order valence-electron chi connectivity index (χ3n) is 4.83. The Labute approximate surface area is 192 Å². The number of hydrogen-bond acceptors (Lipinski definition) is 6. The molecule has 9 heteroatoms. The first-order chi connectivity index (χ1) is 15.8. The quantitative estimate of drug-likeness (QED) is 0.483. The predicted octanol–water partition coefficient (Wildman–Crippen LogP) is 2.73. The summed E-state index contributed by atoms with van der Waals surface area (Å²) in [5.41, 5.74) is 1.71. The maximum Gasteiger partial charge on any atom is 0.342 e. The van der Waals surface area contributed by atoms with Crippen molar-refractivity contribution in [2.75, 3.05) is 13.7 Å². The topological polar surface area (TPSA) is 116 Å². The Hall–Kier alpha value is -3.69. The molecule has 172 valence electrons. The first-order valence-electron chi connectivity index (χ1n) is 10.0. The Kier molecular flexibility index (Phi) is 7.81. The van der Waals surface area contributed by atoms with Gasteiger partial charge >= 0.3 is 5.97 Å². The minimum Gasteiger partial charge on any atom is -0.496 e. The SMILES string of the molecule is COc1ccc(S(N)(=O)=O)cc1C(=O)OCC(=O)N(Cc1ccccc1)Cc1ccccc1. The van der Waals surface area contributed by atoms with Crippen LogP contribution in [0.4, 0.5) is 0 Å². The van der Waals surface area contributed by atoms with E-state index in [1.54, 1.807) is 4.90 Å². The van der Waals surface area contributed by atoms with Gasteiger partial charge in [0.05, 0.1) is 12.0 Å². The molecule has 0 fully saturated rings. The van der Waals surface area contributed by atoms with E-state index >= 15 is 0 Å². The van der Waals surface area contributed by atoms with E-state index < -0.39 is 28.5 Å². The van der Waals surface area contributed by atoms with Crippen LogP contribution < -0.4 is 9.88 Å². The number of methoxy groups -OCH3 is 1. The van der Waals surface area contributed by atoms with E-state index in [1.807, 2.05) is 60.7 Å². The summed E-state index contributed by atoms with van der Waals surface area (Å²) in [5.74, 6) is -1.20. The lowest BCUT2D eigenvalue weighted by molar-refractivity contribution is -0.135. The van der Waals surface area contributed by atoms with Gasteiger partial charge in [-0.15, -0.1) is 0 Å². The van der Waals surface area contributed by atoms with E-state index in [-0.39, 0.29) is 16.2 Å². The number of esters is 1. The molecule has 2 N–H and O–H groups in total. The number of primary sulfonamides is 1. The Morgan fingerprint density at radius 3 is 1.91 bits per heavy atom. The van der Waals surface area contributed by atoms with Crippen molar-refractivity contribution in [2.24, 2.45) is 5.14 Å². The fourth-order valence-corrected chi connectivity index (χ4v) is 3.70. The van der Waals surface area contributed by atoms with Crippen LogP contribution in [-0.2, 0) is 32.6 Å². The Balaban J connectivity index is 1.76. The van der Waals surface area contributed by atoms with Gasteiger partial charge in [0.25, 0.3) is 5.91 Å². The summed E-state index contributed by atoms with van der Waals surface area (Å²) in [4.78, 5) is 26.9. The predicted molar refractivity (Wildman–Crippen MR) is 122 cm³/mol. The number of amides is 1. The lowest BCUT2D eigenvalue weighted by atomic mass is 10.1. The number of rotatable bonds is 9. The molecular weight excluding hydrogens is 444 g/mol. The average molecular weight is 469 g/mol. The normalized spacial score (nSPS) is 11.0. The number of sulfonamides is 1. The van der Waals surface area contributed by atoms with E-state index in [2.05, 4.69) is 0 Å². The van der Waals surface area contributed by atoms with Crippen molar-refractivity contribution in [2.45, 2.75) is 18.0 Å². The smallest absolute Gasteiger partial charge is 0.342 e. The molecule has 0 heterocycles. The molecule has 0 radical (unpaired) electrons. The van der Waals surface area contributed by atoms with Crippen LogP contribution in [-0.4, -0.2) is 38.9 Å². The zero-order valence-corrected chi connectivity index (χ0v) is 18.8. The molecule has 0 aliphatic rings. The van der Waals surface area contributed by atoms with E-state index in [0.717, 1.165) is 17.2 Å². The maximum atomic E-state index is 13.0. The van der Waals surface area contributed by atoms with Crippen molar-refractivity contribution < 1.29 is 27.5 Å². The van der Waals surface area contributed by atoms with E-state index in [9.17, 15) is 18.0 Å². The van der Waals surface area contributed by atoms with Gasteiger partial charge in [-0.05, 0) is 29.3 Å². The van der Waals surface area contributed by atoms with Crippen molar-refractivity contribution in [1.29, 1.82) is 0 Å². The highest BCUT2D eigenvalue weighted by Gasteiger charge is 2.21. The summed E-state index contributed by atoms with van der Waals surface area (Å²) in [5, 5.41) is 5.14. The van der Waals surface area contributed by atoms with E-state index in [0.29, 0.717) is 13.1 Å². The highest BCUT2D eigenvalue weighted by Crippen LogP contribution is 2.23. The van der Waals surface area contributed by atoms with Gasteiger partial charge in [-0.3, -0.25) is 4.79 Å². The zero-order chi connectivity index (χ0) is 23.8. The highest BCUT2D eigenvalue weighted by atomic mass is 32.2. The molecule has 0 saturated heterocycles. The maximum absolute atomic E-state index is 13.0. The Morgan fingerprint density at radius 1 is 0.879 bits per heavy atom. The molecule has 3 rings (SSSR count). The molecule has 3 aromatic carbocycles. The van der Waals surface area contributed by atoms with E-state index in [4.69, 9.17) is 14.6 Å². The lowest BCUT2D eigenvalue weighted by Crippen LogP contribution is -2.34. The van der Waals surface area contributed by atoms with Gasteiger partial charge in [0.1, 0.15) is 11.3 Å². The summed E-state index contributed by atoms with van der Waals surface area (Å²) in [6.45, 7) is 0.133. The number of carbonyl (C=O) groups is 2.